The van der Waals surface area contributed by atoms with Gasteiger partial charge in [-0.2, -0.15) is 0 Å². The largest absolute Gasteiger partial charge is 0.411 e. The van der Waals surface area contributed by atoms with Crippen molar-refractivity contribution in [1.82, 2.24) is 4.98 Å². The summed E-state index contributed by atoms with van der Waals surface area (Å²) in [5.41, 5.74) is 1.85. The predicted molar refractivity (Wildman–Crippen MR) is 57.1 cm³/mol. The molecule has 0 radical (unpaired) electrons. The Kier molecular flexibility index (Phi) is 3.91. The van der Waals surface area contributed by atoms with E-state index in [2.05, 4.69) is 22.4 Å². The zero-order chi connectivity index (χ0) is 10.4. The number of anilines is 1. The standard InChI is InChI=1S/C10H15N3O/c1-3-4-11-10-8(2)5-9(6-12-10)7-13-14/h5-7,14H,3-4H2,1-2H3,(H,11,12)/b13-7+. The number of hydrogen-bond donors (Lipinski definition) is 2. The number of nitrogens with one attached hydrogen (secondary N) is 1. The Morgan fingerprint density at radius 3 is 3.00 bits per heavy atom. The maximum Gasteiger partial charge on any atom is 0.128 e. The number of rotatable bonds is 4. The smallest absolute Gasteiger partial charge is 0.128 e. The summed E-state index contributed by atoms with van der Waals surface area (Å²) in [7, 11) is 0. The molecule has 0 aliphatic heterocycles. The SMILES string of the molecule is CCCNc1ncc(/C=N/O)cc1C. The molecule has 0 saturated carbocycles. The van der Waals surface area contributed by atoms with Gasteiger partial charge in [0, 0.05) is 18.3 Å². The highest BCUT2D eigenvalue weighted by molar-refractivity contribution is 5.79. The van der Waals surface area contributed by atoms with E-state index < -0.39 is 0 Å². The Morgan fingerprint density at radius 2 is 2.43 bits per heavy atom. The van der Waals surface area contributed by atoms with E-state index in [1.807, 2.05) is 13.0 Å². The van der Waals surface area contributed by atoms with Gasteiger partial charge in [0.15, 0.2) is 0 Å². The Morgan fingerprint density at radius 1 is 1.64 bits per heavy atom. The number of oxime groups is 1. The molecule has 0 bridgehead atoms. The first-order valence-electron chi connectivity index (χ1n) is 4.66. The number of aromatic nitrogens is 1. The third-order valence-corrected chi connectivity index (χ3v) is 1.85. The van der Waals surface area contributed by atoms with Crippen LogP contribution in [0.4, 0.5) is 5.82 Å². The van der Waals surface area contributed by atoms with Gasteiger partial charge in [-0.15, -0.1) is 0 Å². The van der Waals surface area contributed by atoms with Crippen LogP contribution in [0.3, 0.4) is 0 Å². The number of pyridine rings is 1. The minimum Gasteiger partial charge on any atom is -0.411 e. The molecular formula is C10H15N3O. The average Bonchev–Trinajstić information content (AvgIpc) is 2.17. The highest BCUT2D eigenvalue weighted by atomic mass is 16.4. The molecule has 1 rings (SSSR count). The molecule has 4 nitrogen and oxygen atoms in total. The molecule has 76 valence electrons. The van der Waals surface area contributed by atoms with Gasteiger partial charge in [-0.25, -0.2) is 4.98 Å². The van der Waals surface area contributed by atoms with Gasteiger partial charge >= 0.3 is 0 Å². The minimum atomic E-state index is 0.798. The number of aryl methyl sites for hydroxylation is 1. The molecule has 0 aromatic carbocycles. The van der Waals surface area contributed by atoms with Crippen molar-refractivity contribution < 1.29 is 5.21 Å². The average molecular weight is 193 g/mol. The van der Waals surface area contributed by atoms with Crippen molar-refractivity contribution in [3.05, 3.63) is 23.4 Å². The normalized spacial score (nSPS) is 10.7. The topological polar surface area (TPSA) is 57.5 Å². The molecule has 14 heavy (non-hydrogen) atoms. The molecule has 4 heteroatoms. The zero-order valence-corrected chi connectivity index (χ0v) is 8.49. The summed E-state index contributed by atoms with van der Waals surface area (Å²) < 4.78 is 0. The van der Waals surface area contributed by atoms with Gasteiger partial charge in [0.2, 0.25) is 0 Å². The summed E-state index contributed by atoms with van der Waals surface area (Å²) in [4.78, 5) is 4.22. The first-order chi connectivity index (χ1) is 6.77. The fourth-order valence-corrected chi connectivity index (χ4v) is 1.16. The second kappa shape index (κ2) is 5.21. The molecule has 0 aliphatic rings. The summed E-state index contributed by atoms with van der Waals surface area (Å²) in [5.74, 6) is 0.891. The van der Waals surface area contributed by atoms with Crippen molar-refractivity contribution >= 4 is 12.0 Å². The van der Waals surface area contributed by atoms with Crippen LogP contribution >= 0.6 is 0 Å². The van der Waals surface area contributed by atoms with E-state index in [1.165, 1.54) is 6.21 Å². The van der Waals surface area contributed by atoms with Gasteiger partial charge in [-0.3, -0.25) is 0 Å². The van der Waals surface area contributed by atoms with Crippen molar-refractivity contribution in [1.29, 1.82) is 0 Å². The molecule has 0 atom stereocenters. The van der Waals surface area contributed by atoms with Crippen molar-refractivity contribution in [3.8, 4) is 0 Å². The van der Waals surface area contributed by atoms with E-state index in [1.54, 1.807) is 6.20 Å². The molecule has 1 heterocycles. The lowest BCUT2D eigenvalue weighted by Crippen LogP contribution is -2.04. The highest BCUT2D eigenvalue weighted by Gasteiger charge is 1.99. The van der Waals surface area contributed by atoms with Crippen LogP contribution in [0, 0.1) is 6.92 Å². The van der Waals surface area contributed by atoms with E-state index in [-0.39, 0.29) is 0 Å². The second-order valence-corrected chi connectivity index (χ2v) is 3.11. The fraction of sp³-hybridized carbons (Fsp3) is 0.400. The molecule has 0 amide bonds. The van der Waals surface area contributed by atoms with E-state index in [0.717, 1.165) is 29.9 Å². The lowest BCUT2D eigenvalue weighted by molar-refractivity contribution is 0.322. The third-order valence-electron chi connectivity index (χ3n) is 1.85. The monoisotopic (exact) mass is 193 g/mol. The quantitative estimate of drug-likeness (QED) is 0.437. The Labute approximate surface area is 83.7 Å². The van der Waals surface area contributed by atoms with E-state index in [0.29, 0.717) is 0 Å². The lowest BCUT2D eigenvalue weighted by Gasteiger charge is -2.07. The van der Waals surface area contributed by atoms with Crippen LogP contribution in [-0.4, -0.2) is 23.0 Å². The molecule has 2 N–H and O–H groups in total. The number of nitrogens with zero attached hydrogens (tertiary/aromatic N) is 2. The van der Waals surface area contributed by atoms with Crippen LogP contribution < -0.4 is 5.32 Å². The van der Waals surface area contributed by atoms with E-state index in [9.17, 15) is 0 Å². The van der Waals surface area contributed by atoms with Gasteiger partial charge in [0.1, 0.15) is 5.82 Å². The summed E-state index contributed by atoms with van der Waals surface area (Å²) >= 11 is 0. The molecule has 0 saturated heterocycles. The summed E-state index contributed by atoms with van der Waals surface area (Å²) in [6, 6.07) is 1.92. The number of hydrogen-bond acceptors (Lipinski definition) is 4. The van der Waals surface area contributed by atoms with E-state index in [4.69, 9.17) is 5.21 Å². The predicted octanol–water partition coefficient (Wildman–Crippen LogP) is 2.02. The Balaban J connectivity index is 2.79. The molecular weight excluding hydrogens is 178 g/mol. The van der Waals surface area contributed by atoms with Crippen molar-refractivity contribution in [3.63, 3.8) is 0 Å². The Bertz CT molecular complexity index is 323. The van der Waals surface area contributed by atoms with Gasteiger partial charge in [-0.1, -0.05) is 12.1 Å². The summed E-state index contributed by atoms with van der Waals surface area (Å²) in [6.45, 7) is 5.00. The van der Waals surface area contributed by atoms with Crippen molar-refractivity contribution in [2.45, 2.75) is 20.3 Å². The highest BCUT2D eigenvalue weighted by Crippen LogP contribution is 2.11. The first kappa shape index (κ1) is 10.5. The lowest BCUT2D eigenvalue weighted by atomic mass is 10.2. The Hall–Kier alpha value is -1.58. The van der Waals surface area contributed by atoms with Crippen LogP contribution in [0.5, 0.6) is 0 Å². The van der Waals surface area contributed by atoms with Gasteiger partial charge in [-0.05, 0) is 25.0 Å². The summed E-state index contributed by atoms with van der Waals surface area (Å²) in [6.07, 6.45) is 4.11. The van der Waals surface area contributed by atoms with Crippen molar-refractivity contribution in [2.24, 2.45) is 5.16 Å². The van der Waals surface area contributed by atoms with Gasteiger partial charge < -0.3 is 10.5 Å². The van der Waals surface area contributed by atoms with Gasteiger partial charge in [0.25, 0.3) is 0 Å². The van der Waals surface area contributed by atoms with E-state index >= 15 is 0 Å². The molecule has 1 aromatic heterocycles. The molecule has 0 spiro atoms. The third kappa shape index (κ3) is 2.73. The van der Waals surface area contributed by atoms with Crippen LogP contribution in [0.15, 0.2) is 17.4 Å². The van der Waals surface area contributed by atoms with Crippen LogP contribution in [-0.2, 0) is 0 Å². The molecule has 1 aromatic rings. The molecule has 0 fully saturated rings. The fourth-order valence-electron chi connectivity index (χ4n) is 1.16. The van der Waals surface area contributed by atoms with Crippen molar-refractivity contribution in [2.75, 3.05) is 11.9 Å². The maximum absolute atomic E-state index is 8.35. The summed E-state index contributed by atoms with van der Waals surface area (Å²) in [5, 5.41) is 14.5. The van der Waals surface area contributed by atoms with Crippen LogP contribution in [0.1, 0.15) is 24.5 Å². The molecule has 0 aliphatic carbocycles. The zero-order valence-electron chi connectivity index (χ0n) is 8.49. The first-order valence-corrected chi connectivity index (χ1v) is 4.66. The maximum atomic E-state index is 8.35. The van der Waals surface area contributed by atoms with Crippen LogP contribution in [0.25, 0.3) is 0 Å². The minimum absolute atomic E-state index is 0.798. The van der Waals surface area contributed by atoms with Crippen LogP contribution in [0.2, 0.25) is 0 Å². The second-order valence-electron chi connectivity index (χ2n) is 3.11. The van der Waals surface area contributed by atoms with Gasteiger partial charge in [0.05, 0.1) is 6.21 Å². The molecule has 0 unspecified atom stereocenters.